The predicted molar refractivity (Wildman–Crippen MR) is 160 cm³/mol. The van der Waals surface area contributed by atoms with Gasteiger partial charge in [0.05, 0.1) is 6.61 Å². The van der Waals surface area contributed by atoms with Gasteiger partial charge in [-0.1, -0.05) is 33.8 Å². The first-order valence-electron chi connectivity index (χ1n) is 15.0. The van der Waals surface area contributed by atoms with Crippen molar-refractivity contribution in [2.45, 2.75) is 111 Å². The average Bonchev–Trinajstić information content (AvgIpc) is 3.27. The fraction of sp³-hybridized carbons (Fsp3) is 0.733. The summed E-state index contributed by atoms with van der Waals surface area (Å²) in [6.45, 7) is 16.3. The van der Waals surface area contributed by atoms with Crippen LogP contribution in [0.15, 0.2) is 12.2 Å². The lowest BCUT2D eigenvalue weighted by Crippen LogP contribution is -2.58. The van der Waals surface area contributed by atoms with Crippen LogP contribution in [-0.4, -0.2) is 78.6 Å². The molecule has 0 aromatic rings. The van der Waals surface area contributed by atoms with Crippen LogP contribution in [0.4, 0.5) is 4.79 Å². The molecule has 5 atom stereocenters. The van der Waals surface area contributed by atoms with Gasteiger partial charge in [-0.05, 0) is 65.7 Å². The number of rotatable bonds is 15. The van der Waals surface area contributed by atoms with Crippen molar-refractivity contribution in [3.63, 3.8) is 0 Å². The third kappa shape index (κ3) is 14.4. The Morgan fingerprint density at radius 2 is 1.60 bits per heavy atom. The van der Waals surface area contributed by atoms with Gasteiger partial charge in [0.1, 0.15) is 23.7 Å². The van der Waals surface area contributed by atoms with Crippen molar-refractivity contribution < 1.29 is 38.2 Å². The summed E-state index contributed by atoms with van der Waals surface area (Å²) in [5.41, 5.74) is -0.746. The summed E-state index contributed by atoms with van der Waals surface area (Å²) in [6, 6.07) is -3.62. The van der Waals surface area contributed by atoms with E-state index in [0.717, 1.165) is 0 Å². The molecule has 0 bridgehead atoms. The van der Waals surface area contributed by atoms with Gasteiger partial charge in [0, 0.05) is 24.6 Å². The molecule has 1 heterocycles. The Morgan fingerprint density at radius 1 is 0.953 bits per heavy atom. The Balaban J connectivity index is 3.03. The minimum Gasteiger partial charge on any atom is -0.463 e. The molecule has 1 unspecified atom stereocenters. The first-order chi connectivity index (χ1) is 19.9. The Labute approximate surface area is 255 Å². The third-order valence-electron chi connectivity index (χ3n) is 6.49. The molecule has 0 radical (unpaired) electrons. The van der Waals surface area contributed by atoms with E-state index in [1.165, 1.54) is 19.1 Å². The Hall–Kier alpha value is -3.64. The topological polar surface area (TPSA) is 181 Å². The highest BCUT2D eigenvalue weighted by Crippen LogP contribution is 2.18. The van der Waals surface area contributed by atoms with E-state index in [0.29, 0.717) is 19.4 Å². The van der Waals surface area contributed by atoms with Gasteiger partial charge in [-0.2, -0.15) is 0 Å². The van der Waals surface area contributed by atoms with Gasteiger partial charge >= 0.3 is 12.1 Å². The van der Waals surface area contributed by atoms with Gasteiger partial charge in [-0.15, -0.1) is 0 Å². The summed E-state index contributed by atoms with van der Waals surface area (Å²) in [7, 11) is 0. The monoisotopic (exact) mass is 609 g/mol. The van der Waals surface area contributed by atoms with E-state index in [1.54, 1.807) is 41.5 Å². The van der Waals surface area contributed by atoms with Gasteiger partial charge < -0.3 is 36.1 Å². The van der Waals surface area contributed by atoms with Gasteiger partial charge in [-0.25, -0.2) is 9.59 Å². The van der Waals surface area contributed by atoms with Crippen molar-refractivity contribution in [1.82, 2.24) is 26.6 Å². The molecule has 1 aliphatic rings. The van der Waals surface area contributed by atoms with Crippen LogP contribution in [0.25, 0.3) is 0 Å². The maximum atomic E-state index is 13.5. The highest BCUT2D eigenvalue weighted by atomic mass is 16.6. The molecule has 1 saturated heterocycles. The minimum atomic E-state index is -1.00. The second-order valence-electron chi connectivity index (χ2n) is 12.5. The standard InChI is InChI=1S/C30H51N5O8/c1-10-42-23(36)12-11-21(16-20-13-14-31-26(20)38)33-27(39)22(15-17(2)3)34-28(40)24(18(4)5)35-25(37)19(6)32-29(41)43-30(7,8)9/h11-12,17-22,24H,10,13-16H2,1-9H3,(H,31,38)(H,32,41)(H,33,39)(H,34,40)(H,35,37)/b12-11+/t19-,20-,21?,22-,24-/m0/s1. The summed E-state index contributed by atoms with van der Waals surface area (Å²) in [5, 5.41) is 13.5. The number of ether oxygens (including phenoxy) is 2. The van der Waals surface area contributed by atoms with Crippen LogP contribution in [0.3, 0.4) is 0 Å². The first-order valence-corrected chi connectivity index (χ1v) is 15.0. The molecular formula is C30H51N5O8. The van der Waals surface area contributed by atoms with E-state index in [9.17, 15) is 28.8 Å². The fourth-order valence-corrected chi connectivity index (χ4v) is 4.36. The molecule has 0 aromatic carbocycles. The molecule has 244 valence electrons. The molecule has 5 amide bonds. The van der Waals surface area contributed by atoms with Crippen LogP contribution < -0.4 is 26.6 Å². The molecule has 1 fully saturated rings. The van der Waals surface area contributed by atoms with E-state index in [2.05, 4.69) is 26.6 Å². The molecule has 13 heteroatoms. The molecule has 0 spiro atoms. The number of hydrogen-bond acceptors (Lipinski definition) is 8. The summed E-state index contributed by atoms with van der Waals surface area (Å²) in [4.78, 5) is 76.0. The van der Waals surface area contributed by atoms with Crippen LogP contribution in [0.2, 0.25) is 0 Å². The maximum absolute atomic E-state index is 13.5. The lowest BCUT2D eigenvalue weighted by Gasteiger charge is -2.28. The Kier molecular flexibility index (Phi) is 15.2. The van der Waals surface area contributed by atoms with Crippen molar-refractivity contribution in [2.75, 3.05) is 13.2 Å². The largest absolute Gasteiger partial charge is 0.463 e. The van der Waals surface area contributed by atoms with Crippen molar-refractivity contribution >= 4 is 35.7 Å². The highest BCUT2D eigenvalue weighted by molar-refractivity contribution is 5.94. The van der Waals surface area contributed by atoms with E-state index >= 15 is 0 Å². The van der Waals surface area contributed by atoms with Crippen molar-refractivity contribution in [3.05, 3.63) is 12.2 Å². The van der Waals surface area contributed by atoms with Gasteiger partial charge in [0.15, 0.2) is 0 Å². The first kappa shape index (κ1) is 37.4. The van der Waals surface area contributed by atoms with Crippen LogP contribution in [0, 0.1) is 17.8 Å². The number of alkyl carbamates (subject to hydrolysis) is 1. The lowest BCUT2D eigenvalue weighted by molar-refractivity contribution is -0.137. The summed E-state index contributed by atoms with van der Waals surface area (Å²) in [6.07, 6.45) is 3.10. The number of amides is 5. The summed E-state index contributed by atoms with van der Waals surface area (Å²) >= 11 is 0. The molecule has 5 N–H and O–H groups in total. The van der Waals surface area contributed by atoms with Crippen molar-refractivity contribution in [1.29, 1.82) is 0 Å². The quantitative estimate of drug-likeness (QED) is 0.137. The molecule has 0 aliphatic carbocycles. The summed E-state index contributed by atoms with van der Waals surface area (Å²) < 4.78 is 10.1. The SMILES string of the molecule is CCOC(=O)/C=C/C(C[C@@H]1CCNC1=O)NC(=O)[C@H](CC(C)C)NC(=O)[C@@H](NC(=O)[C@H](C)NC(=O)OC(C)(C)C)C(C)C. The van der Waals surface area contributed by atoms with Crippen LogP contribution in [0.1, 0.15) is 81.6 Å². The number of esters is 1. The number of carbonyl (C=O) groups is 6. The van der Waals surface area contributed by atoms with Gasteiger partial charge in [0.2, 0.25) is 23.6 Å². The van der Waals surface area contributed by atoms with E-state index in [1.807, 2.05) is 13.8 Å². The number of carbonyl (C=O) groups excluding carboxylic acids is 6. The van der Waals surface area contributed by atoms with Gasteiger partial charge in [0.25, 0.3) is 0 Å². The zero-order valence-corrected chi connectivity index (χ0v) is 27.0. The second kappa shape index (κ2) is 17.5. The van der Waals surface area contributed by atoms with Gasteiger partial charge in [-0.3, -0.25) is 19.2 Å². The normalized spacial score (nSPS) is 17.9. The predicted octanol–water partition coefficient (Wildman–Crippen LogP) is 1.70. The van der Waals surface area contributed by atoms with Crippen molar-refractivity contribution in [2.24, 2.45) is 17.8 Å². The number of nitrogens with one attached hydrogen (secondary N) is 5. The van der Waals surface area contributed by atoms with E-state index in [-0.39, 0.29) is 36.7 Å². The van der Waals surface area contributed by atoms with Crippen LogP contribution in [0.5, 0.6) is 0 Å². The molecule has 1 rings (SSSR count). The molecular weight excluding hydrogens is 558 g/mol. The molecule has 0 saturated carbocycles. The third-order valence-corrected chi connectivity index (χ3v) is 6.49. The minimum absolute atomic E-state index is 0.0235. The molecule has 0 aromatic heterocycles. The van der Waals surface area contributed by atoms with E-state index < -0.39 is 59.6 Å². The maximum Gasteiger partial charge on any atom is 0.408 e. The Bertz CT molecular complexity index is 1020. The van der Waals surface area contributed by atoms with Crippen LogP contribution >= 0.6 is 0 Å². The molecule has 1 aliphatic heterocycles. The summed E-state index contributed by atoms with van der Waals surface area (Å²) in [5.74, 6) is -3.01. The lowest BCUT2D eigenvalue weighted by atomic mass is 9.96. The van der Waals surface area contributed by atoms with Crippen LogP contribution in [-0.2, 0) is 33.4 Å². The van der Waals surface area contributed by atoms with E-state index in [4.69, 9.17) is 9.47 Å². The highest BCUT2D eigenvalue weighted by Gasteiger charge is 2.33. The Morgan fingerprint density at radius 3 is 2.12 bits per heavy atom. The number of hydrogen-bond donors (Lipinski definition) is 5. The fourth-order valence-electron chi connectivity index (χ4n) is 4.36. The smallest absolute Gasteiger partial charge is 0.408 e. The zero-order valence-electron chi connectivity index (χ0n) is 27.0. The average molecular weight is 610 g/mol. The second-order valence-corrected chi connectivity index (χ2v) is 12.5. The van der Waals surface area contributed by atoms with Crippen molar-refractivity contribution in [3.8, 4) is 0 Å². The zero-order chi connectivity index (χ0) is 32.9. The molecule has 43 heavy (non-hydrogen) atoms. The molecule has 13 nitrogen and oxygen atoms in total.